The van der Waals surface area contributed by atoms with Crippen LogP contribution in [0.4, 0.5) is 0 Å². The van der Waals surface area contributed by atoms with E-state index in [0.29, 0.717) is 17.9 Å². The molecule has 2 saturated heterocycles. The quantitative estimate of drug-likeness (QED) is 0.938. The van der Waals surface area contributed by atoms with Crippen molar-refractivity contribution < 1.29 is 4.79 Å². The molecule has 3 heterocycles. The van der Waals surface area contributed by atoms with Crippen molar-refractivity contribution in [3.63, 3.8) is 0 Å². The summed E-state index contributed by atoms with van der Waals surface area (Å²) in [4.78, 5) is 25.0. The van der Waals surface area contributed by atoms with Gasteiger partial charge in [0.25, 0.3) is 0 Å². The Balaban J connectivity index is 1.27. The second-order valence-electron chi connectivity index (χ2n) is 6.86. The number of aromatic amines is 1. The molecular formula is C17H20N4O. The predicted molar refractivity (Wildman–Crippen MR) is 83.5 cm³/mol. The molecule has 2 aliphatic heterocycles. The maximum atomic E-state index is 12.5. The lowest BCUT2D eigenvalue weighted by atomic mass is 9.96. The minimum Gasteiger partial charge on any atom is -0.342 e. The van der Waals surface area contributed by atoms with E-state index in [-0.39, 0.29) is 6.04 Å². The van der Waals surface area contributed by atoms with Crippen LogP contribution >= 0.6 is 0 Å². The molecule has 1 saturated carbocycles. The number of benzene rings is 1. The summed E-state index contributed by atoms with van der Waals surface area (Å²) in [6, 6.07) is 8.84. The molecule has 1 N–H and O–H groups in total. The number of rotatable bonds is 3. The molecule has 0 radical (unpaired) electrons. The normalized spacial score (nSPS) is 26.8. The van der Waals surface area contributed by atoms with Gasteiger partial charge in [0.05, 0.1) is 17.1 Å². The van der Waals surface area contributed by atoms with Gasteiger partial charge in [-0.15, -0.1) is 0 Å². The standard InChI is InChI=1S/C17H20N4O/c22-17-15(7-8-21(17)12-5-6-12)20-9-11(10-20)16-18-13-3-1-2-4-14(13)19-16/h1-4,11-12,15H,5-10H2,(H,18,19)/t15-/m0/s1. The van der Waals surface area contributed by atoms with Gasteiger partial charge in [-0.2, -0.15) is 0 Å². The monoisotopic (exact) mass is 296 g/mol. The van der Waals surface area contributed by atoms with Crippen molar-refractivity contribution in [2.45, 2.75) is 37.3 Å². The fourth-order valence-electron chi connectivity index (χ4n) is 3.88. The number of fused-ring (bicyclic) bond motifs is 1. The summed E-state index contributed by atoms with van der Waals surface area (Å²) in [6.45, 7) is 2.86. The van der Waals surface area contributed by atoms with Crippen molar-refractivity contribution in [3.05, 3.63) is 30.1 Å². The van der Waals surface area contributed by atoms with Crippen LogP contribution < -0.4 is 0 Å². The van der Waals surface area contributed by atoms with E-state index >= 15 is 0 Å². The smallest absolute Gasteiger partial charge is 0.240 e. The lowest BCUT2D eigenvalue weighted by Gasteiger charge is -2.41. The third-order valence-corrected chi connectivity index (χ3v) is 5.34. The van der Waals surface area contributed by atoms with E-state index in [0.717, 1.165) is 42.9 Å². The first kappa shape index (κ1) is 12.6. The molecule has 0 unspecified atom stereocenters. The molecule has 5 rings (SSSR count). The number of para-hydroxylation sites is 2. The zero-order valence-electron chi connectivity index (χ0n) is 12.5. The van der Waals surface area contributed by atoms with E-state index in [4.69, 9.17) is 4.98 Å². The highest BCUT2D eigenvalue weighted by atomic mass is 16.2. The number of hydrogen-bond acceptors (Lipinski definition) is 3. The first-order valence-corrected chi connectivity index (χ1v) is 8.29. The van der Waals surface area contributed by atoms with Crippen LogP contribution in [-0.2, 0) is 4.79 Å². The van der Waals surface area contributed by atoms with E-state index in [1.165, 1.54) is 12.8 Å². The molecule has 114 valence electrons. The molecule has 22 heavy (non-hydrogen) atoms. The number of imidazole rings is 1. The first-order chi connectivity index (χ1) is 10.8. The fraction of sp³-hybridized carbons (Fsp3) is 0.529. The summed E-state index contributed by atoms with van der Waals surface area (Å²) in [7, 11) is 0. The van der Waals surface area contributed by atoms with Crippen LogP contribution in [0.5, 0.6) is 0 Å². The van der Waals surface area contributed by atoms with Crippen LogP contribution in [0.2, 0.25) is 0 Å². The Morgan fingerprint density at radius 2 is 1.95 bits per heavy atom. The predicted octanol–water partition coefficient (Wildman–Crippen LogP) is 1.73. The molecule has 2 aromatic rings. The Bertz CT molecular complexity index is 696. The first-order valence-electron chi connectivity index (χ1n) is 8.29. The SMILES string of the molecule is O=C1[C@@H](N2CC(c3nc4ccccc4[nH]3)C2)CCN1C1CC1. The van der Waals surface area contributed by atoms with Gasteiger partial charge in [0, 0.05) is 31.6 Å². The van der Waals surface area contributed by atoms with Crippen LogP contribution in [0.15, 0.2) is 24.3 Å². The second kappa shape index (κ2) is 4.56. The number of carbonyl (C=O) groups is 1. The number of nitrogens with one attached hydrogen (secondary N) is 1. The van der Waals surface area contributed by atoms with E-state index in [2.05, 4.69) is 20.9 Å². The van der Waals surface area contributed by atoms with E-state index in [1.807, 2.05) is 18.2 Å². The minimum absolute atomic E-state index is 0.126. The Hall–Kier alpha value is -1.88. The Kier molecular flexibility index (Phi) is 2.62. The molecule has 1 aromatic heterocycles. The Labute approximate surface area is 129 Å². The van der Waals surface area contributed by atoms with Crippen molar-refractivity contribution in [3.8, 4) is 0 Å². The summed E-state index contributed by atoms with van der Waals surface area (Å²) < 4.78 is 0. The van der Waals surface area contributed by atoms with Gasteiger partial charge in [0.2, 0.25) is 5.91 Å². The topological polar surface area (TPSA) is 52.2 Å². The largest absolute Gasteiger partial charge is 0.342 e. The lowest BCUT2D eigenvalue weighted by molar-refractivity contribution is -0.134. The van der Waals surface area contributed by atoms with E-state index in [9.17, 15) is 4.79 Å². The van der Waals surface area contributed by atoms with Crippen molar-refractivity contribution in [1.82, 2.24) is 19.8 Å². The van der Waals surface area contributed by atoms with Crippen molar-refractivity contribution in [2.24, 2.45) is 0 Å². The highest BCUT2D eigenvalue weighted by Crippen LogP contribution is 2.35. The third kappa shape index (κ3) is 1.88. The zero-order valence-corrected chi connectivity index (χ0v) is 12.5. The van der Waals surface area contributed by atoms with E-state index < -0.39 is 0 Å². The maximum absolute atomic E-state index is 12.5. The number of carbonyl (C=O) groups excluding carboxylic acids is 1. The van der Waals surface area contributed by atoms with Gasteiger partial charge in [0.1, 0.15) is 5.82 Å². The molecular weight excluding hydrogens is 276 g/mol. The fourth-order valence-corrected chi connectivity index (χ4v) is 3.88. The van der Waals surface area contributed by atoms with Gasteiger partial charge >= 0.3 is 0 Å². The number of likely N-dealkylation sites (tertiary alicyclic amines) is 2. The van der Waals surface area contributed by atoms with Gasteiger partial charge in [-0.25, -0.2) is 4.98 Å². The number of aromatic nitrogens is 2. The molecule has 1 amide bonds. The lowest BCUT2D eigenvalue weighted by Crippen LogP contribution is -2.53. The summed E-state index contributed by atoms with van der Waals surface area (Å²) in [5.41, 5.74) is 2.14. The number of hydrogen-bond donors (Lipinski definition) is 1. The molecule has 3 fully saturated rings. The minimum atomic E-state index is 0.126. The highest BCUT2D eigenvalue weighted by molar-refractivity contribution is 5.84. The molecule has 1 aromatic carbocycles. The van der Waals surface area contributed by atoms with Crippen LogP contribution in [-0.4, -0.2) is 57.4 Å². The van der Waals surface area contributed by atoms with Crippen molar-refractivity contribution in [1.29, 1.82) is 0 Å². The molecule has 5 nitrogen and oxygen atoms in total. The second-order valence-corrected chi connectivity index (χ2v) is 6.86. The van der Waals surface area contributed by atoms with Crippen LogP contribution in [0.1, 0.15) is 31.0 Å². The van der Waals surface area contributed by atoms with Gasteiger partial charge in [-0.05, 0) is 31.4 Å². The molecule has 3 aliphatic rings. The molecule has 0 bridgehead atoms. The molecule has 1 aliphatic carbocycles. The zero-order chi connectivity index (χ0) is 14.7. The molecule has 5 heteroatoms. The van der Waals surface area contributed by atoms with Crippen LogP contribution in [0, 0.1) is 0 Å². The van der Waals surface area contributed by atoms with Crippen molar-refractivity contribution >= 4 is 16.9 Å². The summed E-state index contributed by atoms with van der Waals surface area (Å²) in [5, 5.41) is 0. The number of H-pyrrole nitrogens is 1. The van der Waals surface area contributed by atoms with Crippen LogP contribution in [0.25, 0.3) is 11.0 Å². The highest BCUT2D eigenvalue weighted by Gasteiger charge is 2.46. The number of amides is 1. The summed E-state index contributed by atoms with van der Waals surface area (Å²) >= 11 is 0. The number of nitrogens with zero attached hydrogens (tertiary/aromatic N) is 3. The third-order valence-electron chi connectivity index (χ3n) is 5.34. The summed E-state index contributed by atoms with van der Waals surface area (Å²) in [5.74, 6) is 1.88. The van der Waals surface area contributed by atoms with Gasteiger partial charge in [-0.1, -0.05) is 12.1 Å². The van der Waals surface area contributed by atoms with Gasteiger partial charge in [0.15, 0.2) is 0 Å². The molecule has 0 spiro atoms. The average molecular weight is 296 g/mol. The van der Waals surface area contributed by atoms with Gasteiger partial charge < -0.3 is 9.88 Å². The Morgan fingerprint density at radius 1 is 1.14 bits per heavy atom. The van der Waals surface area contributed by atoms with E-state index in [1.54, 1.807) is 0 Å². The average Bonchev–Trinajstić information content (AvgIpc) is 3.12. The van der Waals surface area contributed by atoms with Crippen LogP contribution in [0.3, 0.4) is 0 Å². The molecule has 1 atom stereocenters. The maximum Gasteiger partial charge on any atom is 0.240 e. The van der Waals surface area contributed by atoms with Crippen molar-refractivity contribution in [2.75, 3.05) is 19.6 Å². The Morgan fingerprint density at radius 3 is 2.73 bits per heavy atom. The van der Waals surface area contributed by atoms with Gasteiger partial charge in [-0.3, -0.25) is 9.69 Å². The summed E-state index contributed by atoms with van der Waals surface area (Å²) in [6.07, 6.45) is 3.42.